The highest BCUT2D eigenvalue weighted by Crippen LogP contribution is 2.75. The van der Waals surface area contributed by atoms with Crippen molar-refractivity contribution < 1.29 is 44.9 Å². The average molecular weight is 555 g/mol. The number of aliphatic hydroxyl groups excluding tert-OH is 6. The zero-order valence-corrected chi connectivity index (χ0v) is 24.3. The van der Waals surface area contributed by atoms with Gasteiger partial charge in [0.1, 0.15) is 30.2 Å². The van der Waals surface area contributed by atoms with Gasteiger partial charge in [0.15, 0.2) is 6.29 Å². The van der Waals surface area contributed by atoms with E-state index in [9.17, 15) is 35.4 Å². The fourth-order valence-corrected chi connectivity index (χ4v) is 10.8. The lowest BCUT2D eigenvalue weighted by Crippen LogP contribution is -2.70. The molecule has 39 heavy (non-hydrogen) atoms. The molecular weight excluding hydrogens is 504 g/mol. The smallest absolute Gasteiger partial charge is 0.186 e. The second kappa shape index (κ2) is 9.69. The summed E-state index contributed by atoms with van der Waals surface area (Å²) in [5, 5.41) is 64.2. The number of carbonyl (C=O) groups excluding carboxylic acids is 1. The normalized spacial score (nSPS) is 56.8. The quantitative estimate of drug-likeness (QED) is 0.283. The zero-order valence-electron chi connectivity index (χ0n) is 24.3. The lowest BCUT2D eigenvalue weighted by molar-refractivity contribution is -0.346. The summed E-state index contributed by atoms with van der Waals surface area (Å²) in [6.07, 6.45) is -4.37. The molecule has 0 amide bonds. The fourth-order valence-electron chi connectivity index (χ4n) is 10.8. The Labute approximate surface area is 231 Å². The van der Waals surface area contributed by atoms with Crippen molar-refractivity contribution in [1.82, 2.24) is 0 Å². The third kappa shape index (κ3) is 4.05. The molecule has 5 aliphatic rings. The predicted octanol–water partition coefficient (Wildman–Crippen LogP) is 1.39. The van der Waals surface area contributed by atoms with Gasteiger partial charge in [-0.3, -0.25) is 4.79 Å². The van der Waals surface area contributed by atoms with Crippen LogP contribution in [0.15, 0.2) is 0 Å². The molecule has 0 aromatic rings. The number of carbonyl (C=O) groups is 1. The number of ketones is 1. The van der Waals surface area contributed by atoms with Crippen molar-refractivity contribution in [1.29, 1.82) is 0 Å². The van der Waals surface area contributed by atoms with Crippen LogP contribution in [0.1, 0.15) is 80.1 Å². The van der Waals surface area contributed by atoms with Crippen LogP contribution in [0.3, 0.4) is 0 Å². The third-order valence-corrected chi connectivity index (χ3v) is 12.9. The van der Waals surface area contributed by atoms with Crippen LogP contribution in [-0.2, 0) is 14.3 Å². The minimum atomic E-state index is -1.54. The highest BCUT2D eigenvalue weighted by molar-refractivity contribution is 5.79. The fraction of sp³-hybridized carbons (Fsp3) is 0.967. The molecule has 1 aliphatic heterocycles. The number of hydrogen-bond acceptors (Lipinski definition) is 9. The largest absolute Gasteiger partial charge is 0.394 e. The maximum atomic E-state index is 12.7. The third-order valence-electron chi connectivity index (χ3n) is 12.9. The minimum Gasteiger partial charge on any atom is -0.394 e. The summed E-state index contributed by atoms with van der Waals surface area (Å²) in [6, 6.07) is 0. The summed E-state index contributed by atoms with van der Waals surface area (Å²) >= 11 is 0. The summed E-state index contributed by atoms with van der Waals surface area (Å²) < 4.78 is 12.4. The Kier molecular flexibility index (Phi) is 7.41. The number of rotatable bonds is 4. The van der Waals surface area contributed by atoms with Crippen molar-refractivity contribution in [3.8, 4) is 0 Å². The first-order valence-corrected chi connectivity index (χ1v) is 14.9. The molecule has 1 heterocycles. The molecule has 9 nitrogen and oxygen atoms in total. The number of fused-ring (bicyclic) bond motifs is 5. The van der Waals surface area contributed by atoms with Gasteiger partial charge in [-0.05, 0) is 78.9 Å². The van der Waals surface area contributed by atoms with E-state index in [4.69, 9.17) is 9.47 Å². The molecule has 15 atom stereocenters. The van der Waals surface area contributed by atoms with Crippen LogP contribution in [-0.4, -0.2) is 92.0 Å². The summed E-state index contributed by atoms with van der Waals surface area (Å²) in [5.41, 5.74) is -1.51. The van der Waals surface area contributed by atoms with E-state index in [0.29, 0.717) is 19.3 Å². The average Bonchev–Trinajstić information content (AvgIpc) is 3.24. The molecular formula is C30H50O9. The molecule has 15 unspecified atom stereocenters. The Morgan fingerprint density at radius 2 is 1.59 bits per heavy atom. The first-order chi connectivity index (χ1) is 18.0. The Bertz CT molecular complexity index is 955. The minimum absolute atomic E-state index is 0.124. The van der Waals surface area contributed by atoms with Gasteiger partial charge in [-0.25, -0.2) is 0 Å². The number of hydrogen-bond donors (Lipinski definition) is 6. The summed E-state index contributed by atoms with van der Waals surface area (Å²) in [7, 11) is 0. The molecule has 0 aromatic heterocycles. The molecule has 5 fully saturated rings. The summed E-state index contributed by atoms with van der Waals surface area (Å²) in [4.78, 5) is 12.7. The molecule has 6 N–H and O–H groups in total. The Morgan fingerprint density at radius 3 is 2.21 bits per heavy atom. The van der Waals surface area contributed by atoms with Crippen LogP contribution in [0, 0.1) is 45.3 Å². The second-order valence-corrected chi connectivity index (χ2v) is 14.9. The highest BCUT2D eigenvalue weighted by Gasteiger charge is 2.73. The molecule has 5 rings (SSSR count). The van der Waals surface area contributed by atoms with Crippen LogP contribution >= 0.6 is 0 Å². The molecule has 4 aliphatic carbocycles. The lowest BCUT2D eigenvalue weighted by Gasteiger charge is -2.71. The van der Waals surface area contributed by atoms with E-state index in [1.807, 2.05) is 0 Å². The SMILES string of the molecule is CC(=O)C1CCC2(C)C1C(O)CC1C3(C)CCC(O)C(C)(C)C3C(OC3OC(CO)C(O)C(O)C3O)CC12C. The van der Waals surface area contributed by atoms with Gasteiger partial charge in [-0.2, -0.15) is 0 Å². The van der Waals surface area contributed by atoms with Gasteiger partial charge in [0.05, 0.1) is 24.9 Å². The van der Waals surface area contributed by atoms with Gasteiger partial charge in [0.2, 0.25) is 0 Å². The highest BCUT2D eigenvalue weighted by atomic mass is 16.7. The monoisotopic (exact) mass is 554 g/mol. The Hall–Kier alpha value is -0.650. The first-order valence-electron chi connectivity index (χ1n) is 14.9. The van der Waals surface area contributed by atoms with Crippen molar-refractivity contribution in [2.75, 3.05) is 6.61 Å². The van der Waals surface area contributed by atoms with Crippen molar-refractivity contribution in [2.45, 2.75) is 129 Å². The van der Waals surface area contributed by atoms with E-state index < -0.39 is 61.0 Å². The Morgan fingerprint density at radius 1 is 0.923 bits per heavy atom. The molecule has 0 spiro atoms. The second-order valence-electron chi connectivity index (χ2n) is 14.9. The van der Waals surface area contributed by atoms with Gasteiger partial charge in [0.25, 0.3) is 0 Å². The van der Waals surface area contributed by atoms with Crippen LogP contribution in [0.25, 0.3) is 0 Å². The van der Waals surface area contributed by atoms with Gasteiger partial charge >= 0.3 is 0 Å². The maximum Gasteiger partial charge on any atom is 0.186 e. The van der Waals surface area contributed by atoms with E-state index in [0.717, 1.165) is 19.3 Å². The molecule has 0 bridgehead atoms. The van der Waals surface area contributed by atoms with Crippen LogP contribution < -0.4 is 0 Å². The van der Waals surface area contributed by atoms with Crippen molar-refractivity contribution in [3.63, 3.8) is 0 Å². The number of Topliss-reactive ketones (excluding diaryl/α,β-unsaturated/α-hetero) is 1. The van der Waals surface area contributed by atoms with Crippen LogP contribution in [0.2, 0.25) is 0 Å². The van der Waals surface area contributed by atoms with Crippen molar-refractivity contribution in [2.24, 2.45) is 45.3 Å². The van der Waals surface area contributed by atoms with Gasteiger partial charge in [-0.15, -0.1) is 0 Å². The summed E-state index contributed by atoms with van der Waals surface area (Å²) in [5.74, 6) is -0.232. The Balaban J connectivity index is 1.58. The molecule has 9 heteroatoms. The van der Waals surface area contributed by atoms with Crippen LogP contribution in [0.4, 0.5) is 0 Å². The maximum absolute atomic E-state index is 12.7. The van der Waals surface area contributed by atoms with Gasteiger partial charge < -0.3 is 40.1 Å². The predicted molar refractivity (Wildman–Crippen MR) is 141 cm³/mol. The molecule has 4 saturated carbocycles. The summed E-state index contributed by atoms with van der Waals surface area (Å²) in [6.45, 7) is 12.0. The standard InChI is InChI=1S/C30H50O9/c1-14(32)15-7-10-29(5)21(15)16(33)11-19-28(4)9-8-20(34)27(2,3)25(28)17(12-30(19,29)6)38-26-24(37)23(36)22(35)18(13-31)39-26/h15-26,31,33-37H,7-13H2,1-6H3. The van der Waals surface area contributed by atoms with Gasteiger partial charge in [0, 0.05) is 11.8 Å². The van der Waals surface area contributed by atoms with Gasteiger partial charge in [-0.1, -0.05) is 34.6 Å². The first kappa shape index (κ1) is 29.8. The number of aliphatic hydroxyl groups is 6. The topological polar surface area (TPSA) is 157 Å². The van der Waals surface area contributed by atoms with E-state index in [2.05, 4.69) is 34.6 Å². The van der Waals surface area contributed by atoms with E-state index >= 15 is 0 Å². The van der Waals surface area contributed by atoms with Crippen molar-refractivity contribution in [3.05, 3.63) is 0 Å². The molecule has 224 valence electrons. The molecule has 0 radical (unpaired) electrons. The molecule has 1 saturated heterocycles. The van der Waals surface area contributed by atoms with E-state index in [1.54, 1.807) is 6.92 Å². The van der Waals surface area contributed by atoms with E-state index in [-0.39, 0.29) is 45.7 Å². The molecule has 0 aromatic carbocycles. The van der Waals surface area contributed by atoms with Crippen molar-refractivity contribution >= 4 is 5.78 Å². The van der Waals surface area contributed by atoms with E-state index in [1.165, 1.54) is 0 Å². The zero-order chi connectivity index (χ0) is 28.9. The lowest BCUT2D eigenvalue weighted by atomic mass is 9.34. The number of ether oxygens (including phenoxy) is 2. The van der Waals surface area contributed by atoms with Crippen LogP contribution in [0.5, 0.6) is 0 Å².